The van der Waals surface area contributed by atoms with Gasteiger partial charge in [-0.3, -0.25) is 9.59 Å². The molecule has 168 valence electrons. The van der Waals surface area contributed by atoms with Crippen LogP contribution >= 0.6 is 0 Å². The summed E-state index contributed by atoms with van der Waals surface area (Å²) in [5, 5.41) is 6.78. The number of carbonyl (C=O) groups is 3. The smallest absolute Gasteiger partial charge is 0.343 e. The molecule has 0 bridgehead atoms. The summed E-state index contributed by atoms with van der Waals surface area (Å²) in [6.45, 7) is 5.47. The first-order valence-electron chi connectivity index (χ1n) is 10.4. The Labute approximate surface area is 192 Å². The molecule has 33 heavy (non-hydrogen) atoms. The molecule has 0 aromatic heterocycles. The van der Waals surface area contributed by atoms with Gasteiger partial charge in [-0.05, 0) is 48.5 Å². The van der Waals surface area contributed by atoms with Crippen molar-refractivity contribution >= 4 is 29.7 Å². The Bertz CT molecular complexity index is 1160. The van der Waals surface area contributed by atoms with Crippen molar-refractivity contribution < 1.29 is 19.1 Å². The van der Waals surface area contributed by atoms with Crippen LogP contribution in [-0.4, -0.2) is 24.0 Å². The summed E-state index contributed by atoms with van der Waals surface area (Å²) in [4.78, 5) is 36.8. The second kappa shape index (κ2) is 10.4. The number of ether oxygens (including phenoxy) is 1. The van der Waals surface area contributed by atoms with E-state index in [0.29, 0.717) is 28.1 Å². The highest BCUT2D eigenvalue weighted by atomic mass is 16.5. The number of nitrogens with zero attached hydrogens (tertiary/aromatic N) is 1. The molecule has 3 rings (SSSR count). The first kappa shape index (κ1) is 23.4. The summed E-state index contributed by atoms with van der Waals surface area (Å²) in [5.74, 6) is -0.697. The second-order valence-electron chi connectivity index (χ2n) is 8.27. The van der Waals surface area contributed by atoms with Crippen molar-refractivity contribution in [3.63, 3.8) is 0 Å². The first-order valence-corrected chi connectivity index (χ1v) is 10.4. The number of esters is 1. The van der Waals surface area contributed by atoms with E-state index < -0.39 is 17.3 Å². The molecular formula is C26H25N3O4. The summed E-state index contributed by atoms with van der Waals surface area (Å²) in [5.41, 5.74) is 3.87. The van der Waals surface area contributed by atoms with Gasteiger partial charge in [-0.1, -0.05) is 51.1 Å². The number of carbonyl (C=O) groups excluding carboxylic acids is 3. The molecule has 0 saturated carbocycles. The van der Waals surface area contributed by atoms with Gasteiger partial charge in [0.25, 0.3) is 5.91 Å². The van der Waals surface area contributed by atoms with Crippen LogP contribution in [0.25, 0.3) is 0 Å². The quantitative estimate of drug-likeness (QED) is 0.251. The molecule has 0 saturated heterocycles. The van der Waals surface area contributed by atoms with Crippen LogP contribution in [0.15, 0.2) is 84.0 Å². The fourth-order valence-corrected chi connectivity index (χ4v) is 2.66. The highest BCUT2D eigenvalue weighted by Gasteiger charge is 2.21. The molecule has 2 N–H and O–H groups in total. The Kier molecular flexibility index (Phi) is 7.35. The van der Waals surface area contributed by atoms with E-state index in [1.165, 1.54) is 6.21 Å². The lowest BCUT2D eigenvalue weighted by Gasteiger charge is -2.17. The molecule has 0 fully saturated rings. The van der Waals surface area contributed by atoms with E-state index in [1.807, 2.05) is 26.8 Å². The lowest BCUT2D eigenvalue weighted by molar-refractivity contribution is -0.123. The first-order chi connectivity index (χ1) is 15.7. The van der Waals surface area contributed by atoms with Crippen LogP contribution in [0.4, 0.5) is 5.69 Å². The summed E-state index contributed by atoms with van der Waals surface area (Å²) < 4.78 is 5.47. The zero-order chi connectivity index (χ0) is 23.8. The van der Waals surface area contributed by atoms with Gasteiger partial charge in [0.05, 0.1) is 11.8 Å². The number of nitrogens with one attached hydrogen (secondary N) is 2. The second-order valence-corrected chi connectivity index (χ2v) is 8.27. The van der Waals surface area contributed by atoms with Gasteiger partial charge in [0.15, 0.2) is 0 Å². The lowest BCUT2D eigenvalue weighted by atomic mass is 9.95. The molecule has 2 amide bonds. The molecule has 0 aliphatic carbocycles. The largest absolute Gasteiger partial charge is 0.422 e. The van der Waals surface area contributed by atoms with E-state index in [4.69, 9.17) is 4.74 Å². The van der Waals surface area contributed by atoms with Crippen molar-refractivity contribution in [1.29, 1.82) is 0 Å². The number of hydrazone groups is 1. The van der Waals surface area contributed by atoms with E-state index in [-0.39, 0.29) is 5.91 Å². The average Bonchev–Trinajstić information content (AvgIpc) is 2.80. The third-order valence-corrected chi connectivity index (χ3v) is 4.59. The molecule has 7 nitrogen and oxygen atoms in total. The minimum Gasteiger partial charge on any atom is -0.422 e. The van der Waals surface area contributed by atoms with E-state index in [0.717, 1.165) is 0 Å². The molecule has 0 heterocycles. The normalized spacial score (nSPS) is 11.1. The number of hydrogen-bond donors (Lipinski definition) is 2. The Hall–Kier alpha value is -4.26. The fourth-order valence-electron chi connectivity index (χ4n) is 2.66. The molecule has 0 atom stereocenters. The summed E-state index contributed by atoms with van der Waals surface area (Å²) in [6.07, 6.45) is 1.41. The topological polar surface area (TPSA) is 96.9 Å². The van der Waals surface area contributed by atoms with Gasteiger partial charge in [-0.15, -0.1) is 0 Å². The molecule has 3 aromatic carbocycles. The maximum atomic E-state index is 12.4. The summed E-state index contributed by atoms with van der Waals surface area (Å²) >= 11 is 0. The molecule has 0 radical (unpaired) electrons. The molecule has 0 spiro atoms. The van der Waals surface area contributed by atoms with Gasteiger partial charge < -0.3 is 10.1 Å². The summed E-state index contributed by atoms with van der Waals surface area (Å²) in [7, 11) is 0. The third-order valence-electron chi connectivity index (χ3n) is 4.59. The number of hydrogen-bond acceptors (Lipinski definition) is 5. The minimum atomic E-state index is -0.517. The van der Waals surface area contributed by atoms with Crippen molar-refractivity contribution in [1.82, 2.24) is 5.43 Å². The molecule has 0 aliphatic rings. The van der Waals surface area contributed by atoms with Gasteiger partial charge in [0, 0.05) is 22.2 Å². The van der Waals surface area contributed by atoms with Crippen LogP contribution in [0, 0.1) is 5.41 Å². The van der Waals surface area contributed by atoms with Crippen LogP contribution in [0.5, 0.6) is 5.75 Å². The van der Waals surface area contributed by atoms with E-state index in [1.54, 1.807) is 72.8 Å². The van der Waals surface area contributed by atoms with Gasteiger partial charge >= 0.3 is 5.97 Å². The Morgan fingerprint density at radius 2 is 1.45 bits per heavy atom. The number of amides is 2. The standard InChI is InChI=1S/C26H25N3O4/c1-26(2,3)25(32)28-21-15-13-18(14-16-21)23(30)29-27-17-20-11-7-8-12-22(20)33-24(31)19-9-5-4-6-10-19/h4-17H,1-3H3,(H,28,32)(H,29,30)/b27-17-. The Morgan fingerprint density at radius 3 is 2.12 bits per heavy atom. The number of rotatable bonds is 6. The zero-order valence-corrected chi connectivity index (χ0v) is 18.7. The van der Waals surface area contributed by atoms with Crippen LogP contribution in [0.1, 0.15) is 47.1 Å². The van der Waals surface area contributed by atoms with E-state index >= 15 is 0 Å². The van der Waals surface area contributed by atoms with Crippen LogP contribution < -0.4 is 15.5 Å². The number of benzene rings is 3. The highest BCUT2D eigenvalue weighted by molar-refractivity contribution is 5.97. The molecule has 0 aliphatic heterocycles. The third kappa shape index (κ3) is 6.61. The predicted octanol–water partition coefficient (Wildman–Crippen LogP) is 4.65. The molecule has 7 heteroatoms. The van der Waals surface area contributed by atoms with Crippen molar-refractivity contribution in [3.05, 3.63) is 95.6 Å². The predicted molar refractivity (Wildman–Crippen MR) is 127 cm³/mol. The van der Waals surface area contributed by atoms with Crippen LogP contribution in [-0.2, 0) is 4.79 Å². The van der Waals surface area contributed by atoms with Crippen molar-refractivity contribution in [2.75, 3.05) is 5.32 Å². The van der Waals surface area contributed by atoms with E-state index in [2.05, 4.69) is 15.8 Å². The SMILES string of the molecule is CC(C)(C)C(=O)Nc1ccc(C(=O)N/N=C\c2ccccc2OC(=O)c2ccccc2)cc1. The van der Waals surface area contributed by atoms with Gasteiger partial charge in [-0.2, -0.15) is 5.10 Å². The van der Waals surface area contributed by atoms with Crippen LogP contribution in [0.2, 0.25) is 0 Å². The van der Waals surface area contributed by atoms with Crippen molar-refractivity contribution in [2.24, 2.45) is 10.5 Å². The van der Waals surface area contributed by atoms with Gasteiger partial charge in [-0.25, -0.2) is 10.2 Å². The van der Waals surface area contributed by atoms with E-state index in [9.17, 15) is 14.4 Å². The average molecular weight is 444 g/mol. The fraction of sp³-hybridized carbons (Fsp3) is 0.154. The maximum absolute atomic E-state index is 12.4. The zero-order valence-electron chi connectivity index (χ0n) is 18.7. The number of para-hydroxylation sites is 1. The molecule has 0 unspecified atom stereocenters. The van der Waals surface area contributed by atoms with Crippen molar-refractivity contribution in [3.8, 4) is 5.75 Å². The van der Waals surface area contributed by atoms with Gasteiger partial charge in [0.2, 0.25) is 5.91 Å². The Morgan fingerprint density at radius 1 is 0.818 bits per heavy atom. The Balaban J connectivity index is 1.62. The lowest BCUT2D eigenvalue weighted by Crippen LogP contribution is -2.27. The van der Waals surface area contributed by atoms with Crippen LogP contribution in [0.3, 0.4) is 0 Å². The maximum Gasteiger partial charge on any atom is 0.343 e. The summed E-state index contributed by atoms with van der Waals surface area (Å²) in [6, 6.07) is 22.0. The highest BCUT2D eigenvalue weighted by Crippen LogP contribution is 2.19. The molecule has 3 aromatic rings. The van der Waals surface area contributed by atoms with Gasteiger partial charge in [0.1, 0.15) is 5.75 Å². The monoisotopic (exact) mass is 443 g/mol. The minimum absolute atomic E-state index is 0.115. The number of anilines is 1. The molecular weight excluding hydrogens is 418 g/mol. The van der Waals surface area contributed by atoms with Crippen molar-refractivity contribution in [2.45, 2.75) is 20.8 Å².